The van der Waals surface area contributed by atoms with E-state index in [1.165, 1.54) is 18.3 Å². The van der Waals surface area contributed by atoms with Gasteiger partial charge >= 0.3 is 5.97 Å². The molecule has 1 aromatic heterocycles. The topological polar surface area (TPSA) is 50.2 Å². The maximum atomic E-state index is 13.1. The van der Waals surface area contributed by atoms with Gasteiger partial charge in [-0.2, -0.15) is 0 Å². The van der Waals surface area contributed by atoms with E-state index in [4.69, 9.17) is 5.11 Å². The number of carboxylic acid groups (broad SMARTS) is 1. The van der Waals surface area contributed by atoms with Gasteiger partial charge in [-0.25, -0.2) is 9.37 Å². The van der Waals surface area contributed by atoms with Gasteiger partial charge in [0.15, 0.2) is 5.82 Å². The molecule has 1 atom stereocenters. The normalized spacial score (nSPS) is 12.4. The van der Waals surface area contributed by atoms with Crippen molar-refractivity contribution >= 4 is 17.7 Å². The van der Waals surface area contributed by atoms with Crippen molar-refractivity contribution in [2.45, 2.75) is 23.6 Å². The van der Waals surface area contributed by atoms with Crippen LogP contribution in [0.5, 0.6) is 0 Å². The second-order valence-electron chi connectivity index (χ2n) is 2.82. The summed E-state index contributed by atoms with van der Waals surface area (Å²) in [5, 5.41) is 8.57. The summed E-state index contributed by atoms with van der Waals surface area (Å²) in [7, 11) is 0. The third-order valence-corrected chi connectivity index (χ3v) is 2.59. The van der Waals surface area contributed by atoms with Crippen LogP contribution in [0.3, 0.4) is 0 Å². The third kappa shape index (κ3) is 3.33. The van der Waals surface area contributed by atoms with Gasteiger partial charge in [0.05, 0.1) is 6.42 Å². The smallest absolute Gasteiger partial charge is 0.304 e. The predicted octanol–water partition coefficient (Wildman–Crippen LogP) is 2.18. The van der Waals surface area contributed by atoms with Crippen LogP contribution in [0.15, 0.2) is 23.4 Å². The van der Waals surface area contributed by atoms with Crippen LogP contribution < -0.4 is 0 Å². The first-order valence-electron chi connectivity index (χ1n) is 4.08. The molecule has 0 fully saturated rings. The van der Waals surface area contributed by atoms with E-state index >= 15 is 0 Å². The average molecular weight is 215 g/mol. The van der Waals surface area contributed by atoms with Gasteiger partial charge < -0.3 is 5.11 Å². The van der Waals surface area contributed by atoms with Crippen LogP contribution in [0.25, 0.3) is 0 Å². The summed E-state index contributed by atoms with van der Waals surface area (Å²) >= 11 is 1.13. The zero-order valence-corrected chi connectivity index (χ0v) is 8.42. The van der Waals surface area contributed by atoms with E-state index in [0.717, 1.165) is 11.8 Å². The Morgan fingerprint density at radius 3 is 3.07 bits per heavy atom. The number of aromatic nitrogens is 1. The summed E-state index contributed by atoms with van der Waals surface area (Å²) in [6.45, 7) is 1.73. The van der Waals surface area contributed by atoms with Crippen LogP contribution in [-0.2, 0) is 4.79 Å². The van der Waals surface area contributed by atoms with E-state index in [0.29, 0.717) is 0 Å². The van der Waals surface area contributed by atoms with Crippen molar-refractivity contribution in [2.24, 2.45) is 0 Å². The summed E-state index contributed by atoms with van der Waals surface area (Å²) in [6, 6.07) is 2.81. The van der Waals surface area contributed by atoms with Crippen LogP contribution in [0, 0.1) is 5.82 Å². The van der Waals surface area contributed by atoms with Gasteiger partial charge in [0.2, 0.25) is 0 Å². The average Bonchev–Trinajstić information content (AvgIpc) is 2.07. The minimum atomic E-state index is -0.888. The Kier molecular flexibility index (Phi) is 3.88. The Morgan fingerprint density at radius 1 is 1.79 bits per heavy atom. The summed E-state index contributed by atoms with van der Waals surface area (Å²) < 4.78 is 13.1. The Labute approximate surface area is 85.4 Å². The third-order valence-electron chi connectivity index (χ3n) is 1.50. The number of carbonyl (C=O) groups is 1. The molecule has 0 aromatic carbocycles. The number of thioether (sulfide) groups is 1. The van der Waals surface area contributed by atoms with E-state index in [-0.39, 0.29) is 16.7 Å². The zero-order valence-electron chi connectivity index (χ0n) is 7.61. The van der Waals surface area contributed by atoms with Crippen molar-refractivity contribution in [3.05, 3.63) is 24.1 Å². The molecule has 0 saturated carbocycles. The first-order chi connectivity index (χ1) is 6.59. The van der Waals surface area contributed by atoms with Crippen molar-refractivity contribution in [3.8, 4) is 0 Å². The number of rotatable bonds is 4. The maximum Gasteiger partial charge on any atom is 0.304 e. The standard InChI is InChI=1S/C9H10FNO2S/c1-6(5-8(12)13)14-9-7(10)3-2-4-11-9/h2-4,6H,5H2,1H3,(H,12,13). The zero-order chi connectivity index (χ0) is 10.6. The largest absolute Gasteiger partial charge is 0.481 e. The molecular weight excluding hydrogens is 205 g/mol. The highest BCUT2D eigenvalue weighted by molar-refractivity contribution is 7.99. The Balaban J connectivity index is 2.60. The lowest BCUT2D eigenvalue weighted by atomic mass is 10.3. The molecule has 5 heteroatoms. The van der Waals surface area contributed by atoms with Gasteiger partial charge in [-0.15, -0.1) is 0 Å². The molecule has 0 aliphatic rings. The summed E-state index contributed by atoms with van der Waals surface area (Å²) in [5.74, 6) is -1.30. The molecule has 3 nitrogen and oxygen atoms in total. The van der Waals surface area contributed by atoms with Crippen molar-refractivity contribution in [2.75, 3.05) is 0 Å². The molecule has 1 unspecified atom stereocenters. The van der Waals surface area contributed by atoms with Crippen LogP contribution in [0.2, 0.25) is 0 Å². The fourth-order valence-electron chi connectivity index (χ4n) is 0.936. The van der Waals surface area contributed by atoms with Crippen molar-refractivity contribution in [1.82, 2.24) is 4.98 Å². The van der Waals surface area contributed by atoms with E-state index in [2.05, 4.69) is 4.98 Å². The number of pyridine rings is 1. The molecule has 1 N–H and O–H groups in total. The fourth-order valence-corrected chi connectivity index (χ4v) is 1.85. The highest BCUT2D eigenvalue weighted by Crippen LogP contribution is 2.25. The molecule has 1 aromatic rings. The lowest BCUT2D eigenvalue weighted by Crippen LogP contribution is -2.06. The van der Waals surface area contributed by atoms with Gasteiger partial charge in [-0.3, -0.25) is 4.79 Å². The Hall–Kier alpha value is -1.10. The van der Waals surface area contributed by atoms with Gasteiger partial charge in [0.1, 0.15) is 5.03 Å². The number of hydrogen-bond donors (Lipinski definition) is 1. The van der Waals surface area contributed by atoms with Gasteiger partial charge in [0.25, 0.3) is 0 Å². The predicted molar refractivity (Wildman–Crippen MR) is 51.8 cm³/mol. The van der Waals surface area contributed by atoms with Gasteiger partial charge in [-0.05, 0) is 12.1 Å². The van der Waals surface area contributed by atoms with Crippen LogP contribution in [0.4, 0.5) is 4.39 Å². The van der Waals surface area contributed by atoms with Crippen molar-refractivity contribution in [1.29, 1.82) is 0 Å². The molecule has 0 saturated heterocycles. The number of halogens is 1. The molecular formula is C9H10FNO2S. The first kappa shape index (κ1) is 11.0. The van der Waals surface area contributed by atoms with Gasteiger partial charge in [-0.1, -0.05) is 18.7 Å². The van der Waals surface area contributed by atoms with Crippen LogP contribution >= 0.6 is 11.8 Å². The second kappa shape index (κ2) is 4.95. The lowest BCUT2D eigenvalue weighted by molar-refractivity contribution is -0.136. The van der Waals surface area contributed by atoms with Crippen molar-refractivity contribution in [3.63, 3.8) is 0 Å². The molecule has 1 rings (SSSR count). The summed E-state index contributed by atoms with van der Waals surface area (Å²) in [5.41, 5.74) is 0. The van der Waals surface area contributed by atoms with Gasteiger partial charge in [0, 0.05) is 11.4 Å². The van der Waals surface area contributed by atoms with E-state index < -0.39 is 11.8 Å². The molecule has 0 amide bonds. The minimum Gasteiger partial charge on any atom is -0.481 e. The van der Waals surface area contributed by atoms with Crippen LogP contribution in [0.1, 0.15) is 13.3 Å². The van der Waals surface area contributed by atoms with Crippen molar-refractivity contribution < 1.29 is 14.3 Å². The van der Waals surface area contributed by atoms with E-state index in [1.807, 2.05) is 0 Å². The highest BCUT2D eigenvalue weighted by atomic mass is 32.2. The SMILES string of the molecule is CC(CC(=O)O)Sc1ncccc1F. The second-order valence-corrected chi connectivity index (χ2v) is 4.24. The molecule has 0 aliphatic carbocycles. The van der Waals surface area contributed by atoms with E-state index in [1.54, 1.807) is 6.92 Å². The lowest BCUT2D eigenvalue weighted by Gasteiger charge is -2.07. The fraction of sp³-hybridized carbons (Fsp3) is 0.333. The molecule has 0 bridgehead atoms. The summed E-state index contributed by atoms with van der Waals surface area (Å²) in [4.78, 5) is 14.2. The minimum absolute atomic E-state index is 0.000676. The molecule has 76 valence electrons. The molecule has 0 spiro atoms. The number of aliphatic carboxylic acids is 1. The highest BCUT2D eigenvalue weighted by Gasteiger charge is 2.12. The first-order valence-corrected chi connectivity index (χ1v) is 4.96. The Morgan fingerprint density at radius 2 is 2.50 bits per heavy atom. The molecule has 0 radical (unpaired) electrons. The monoisotopic (exact) mass is 215 g/mol. The maximum absolute atomic E-state index is 13.1. The Bertz CT molecular complexity index is 332. The number of carboxylic acids is 1. The van der Waals surface area contributed by atoms with E-state index in [9.17, 15) is 9.18 Å². The number of hydrogen-bond acceptors (Lipinski definition) is 3. The molecule has 1 heterocycles. The molecule has 14 heavy (non-hydrogen) atoms. The quantitative estimate of drug-likeness (QED) is 0.782. The summed E-state index contributed by atoms with van der Waals surface area (Å²) in [6.07, 6.45) is 1.49. The number of nitrogens with zero attached hydrogens (tertiary/aromatic N) is 1. The van der Waals surface area contributed by atoms with Crippen LogP contribution in [-0.4, -0.2) is 21.3 Å². The molecule has 0 aliphatic heterocycles.